The van der Waals surface area contributed by atoms with Crippen LogP contribution in [0.25, 0.3) is 0 Å². The third-order valence-electron chi connectivity index (χ3n) is 6.14. The second kappa shape index (κ2) is 8.63. The molecule has 5 rings (SSSR count). The minimum Gasteiger partial charge on any atom is -0.492 e. The molecule has 0 unspecified atom stereocenters. The number of sulfonamides is 1. The smallest absolute Gasteiger partial charge is 0.243 e. The summed E-state index contributed by atoms with van der Waals surface area (Å²) in [6.07, 6.45) is 1.40. The maximum atomic E-state index is 13.2. The number of hydrogen-bond acceptors (Lipinski definition) is 6. The minimum absolute atomic E-state index is 0.0205. The van der Waals surface area contributed by atoms with E-state index in [2.05, 4.69) is 0 Å². The average molecular weight is 459 g/mol. The Hall–Kier alpha value is -2.78. The van der Waals surface area contributed by atoms with Crippen molar-refractivity contribution in [3.63, 3.8) is 0 Å². The Labute approximate surface area is 187 Å². The van der Waals surface area contributed by atoms with Gasteiger partial charge < -0.3 is 19.1 Å². The van der Waals surface area contributed by atoms with Gasteiger partial charge in [-0.25, -0.2) is 8.42 Å². The molecule has 2 aromatic rings. The lowest BCUT2D eigenvalue weighted by Crippen LogP contribution is -2.52. The number of hydrogen-bond donors (Lipinski definition) is 0. The number of benzene rings is 2. The zero-order valence-electron chi connectivity index (χ0n) is 17.7. The topological polar surface area (TPSA) is 85.4 Å². The van der Waals surface area contributed by atoms with E-state index in [1.54, 1.807) is 17.0 Å². The summed E-state index contributed by atoms with van der Waals surface area (Å²) in [5.41, 5.74) is 1.03. The van der Waals surface area contributed by atoms with Crippen molar-refractivity contribution in [3.05, 3.63) is 48.0 Å². The highest BCUT2D eigenvalue weighted by Crippen LogP contribution is 2.33. The molecule has 170 valence electrons. The summed E-state index contributed by atoms with van der Waals surface area (Å²) < 4.78 is 44.8. The van der Waals surface area contributed by atoms with E-state index in [4.69, 9.17) is 14.2 Å². The maximum absolute atomic E-state index is 13.2. The van der Waals surface area contributed by atoms with Crippen LogP contribution in [0.15, 0.2) is 47.4 Å². The van der Waals surface area contributed by atoms with Gasteiger partial charge in [0.15, 0.2) is 11.5 Å². The number of piperazine rings is 1. The Morgan fingerprint density at radius 1 is 0.875 bits per heavy atom. The van der Waals surface area contributed by atoms with Crippen molar-refractivity contribution >= 4 is 15.9 Å². The molecule has 1 amide bonds. The molecule has 1 atom stereocenters. The van der Waals surface area contributed by atoms with E-state index in [0.717, 1.165) is 17.7 Å². The van der Waals surface area contributed by atoms with Crippen LogP contribution in [-0.2, 0) is 21.2 Å². The highest BCUT2D eigenvalue weighted by Gasteiger charge is 2.34. The van der Waals surface area contributed by atoms with Gasteiger partial charge in [0.25, 0.3) is 0 Å². The molecule has 3 heterocycles. The van der Waals surface area contributed by atoms with Gasteiger partial charge in [-0.2, -0.15) is 4.31 Å². The number of nitrogens with zero attached hydrogens (tertiary/aromatic N) is 2. The Morgan fingerprint density at radius 2 is 1.62 bits per heavy atom. The van der Waals surface area contributed by atoms with Gasteiger partial charge in [0.2, 0.25) is 15.9 Å². The number of carbonyl (C=O) groups excluding carboxylic acids is 1. The van der Waals surface area contributed by atoms with Crippen LogP contribution < -0.4 is 14.2 Å². The molecule has 0 radical (unpaired) electrons. The molecule has 9 heteroatoms. The number of rotatable bonds is 3. The Balaban J connectivity index is 1.23. The summed E-state index contributed by atoms with van der Waals surface area (Å²) in [4.78, 5) is 15.0. The largest absolute Gasteiger partial charge is 0.492 e. The number of carbonyl (C=O) groups is 1. The van der Waals surface area contributed by atoms with Crippen LogP contribution in [0.2, 0.25) is 0 Å². The molecule has 0 aromatic heterocycles. The van der Waals surface area contributed by atoms with Crippen molar-refractivity contribution in [2.45, 2.75) is 17.7 Å². The molecule has 0 spiro atoms. The molecule has 8 nitrogen and oxygen atoms in total. The minimum atomic E-state index is -3.69. The fraction of sp³-hybridized carbons (Fsp3) is 0.435. The fourth-order valence-electron chi connectivity index (χ4n) is 4.35. The third kappa shape index (κ3) is 4.02. The predicted octanol–water partition coefficient (Wildman–Crippen LogP) is 1.93. The molecular formula is C23H26N2O6S. The molecular weight excluding hydrogens is 432 g/mol. The number of ether oxygens (including phenoxy) is 3. The predicted molar refractivity (Wildman–Crippen MR) is 117 cm³/mol. The van der Waals surface area contributed by atoms with E-state index in [0.29, 0.717) is 50.8 Å². The van der Waals surface area contributed by atoms with Gasteiger partial charge in [-0.15, -0.1) is 0 Å². The van der Waals surface area contributed by atoms with Crippen molar-refractivity contribution in [1.82, 2.24) is 9.21 Å². The first kappa shape index (κ1) is 21.1. The first-order valence-corrected chi connectivity index (χ1v) is 12.4. The van der Waals surface area contributed by atoms with E-state index < -0.39 is 10.0 Å². The van der Waals surface area contributed by atoms with Crippen molar-refractivity contribution in [3.8, 4) is 17.2 Å². The van der Waals surface area contributed by atoms with Gasteiger partial charge >= 0.3 is 0 Å². The van der Waals surface area contributed by atoms with E-state index in [9.17, 15) is 13.2 Å². The first-order chi connectivity index (χ1) is 15.5. The zero-order chi connectivity index (χ0) is 22.1. The molecule has 3 aliphatic rings. The number of fused-ring (bicyclic) bond motifs is 2. The summed E-state index contributed by atoms with van der Waals surface area (Å²) in [7, 11) is -3.69. The average Bonchev–Trinajstić information content (AvgIpc) is 3.08. The summed E-state index contributed by atoms with van der Waals surface area (Å²) >= 11 is 0. The standard InChI is InChI=1S/C23H26N2O6S/c26-23(18-14-17-4-1-2-5-20(17)31-16-18)24-8-10-25(11-9-24)32(27,28)19-6-7-21-22(15-19)30-13-3-12-29-21/h1-2,4-7,15,18H,3,8-14,16H2/t18-/m1/s1. The molecule has 3 aliphatic heterocycles. The Bertz CT molecular complexity index is 1110. The molecule has 2 aromatic carbocycles. The summed E-state index contributed by atoms with van der Waals surface area (Å²) in [5, 5.41) is 0. The van der Waals surface area contributed by atoms with Gasteiger partial charge in [-0.05, 0) is 30.2 Å². The molecule has 0 N–H and O–H groups in total. The molecule has 1 saturated heterocycles. The molecule has 0 saturated carbocycles. The maximum Gasteiger partial charge on any atom is 0.243 e. The van der Waals surface area contributed by atoms with Crippen LogP contribution in [0.3, 0.4) is 0 Å². The molecule has 0 aliphatic carbocycles. The van der Waals surface area contributed by atoms with Crippen molar-refractivity contribution in [1.29, 1.82) is 0 Å². The van der Waals surface area contributed by atoms with Crippen LogP contribution in [-0.4, -0.2) is 69.5 Å². The van der Waals surface area contributed by atoms with E-state index >= 15 is 0 Å². The van der Waals surface area contributed by atoms with Crippen LogP contribution in [0, 0.1) is 5.92 Å². The van der Waals surface area contributed by atoms with Gasteiger partial charge in [0.05, 0.1) is 24.0 Å². The Morgan fingerprint density at radius 3 is 2.44 bits per heavy atom. The van der Waals surface area contributed by atoms with Crippen molar-refractivity contribution in [2.75, 3.05) is 46.0 Å². The zero-order valence-corrected chi connectivity index (χ0v) is 18.6. The van der Waals surface area contributed by atoms with Gasteiger partial charge in [0, 0.05) is 38.7 Å². The second-order valence-electron chi connectivity index (χ2n) is 8.21. The van der Waals surface area contributed by atoms with Crippen LogP contribution in [0.4, 0.5) is 0 Å². The fourth-order valence-corrected chi connectivity index (χ4v) is 5.78. The quantitative estimate of drug-likeness (QED) is 0.699. The highest BCUT2D eigenvalue weighted by molar-refractivity contribution is 7.89. The van der Waals surface area contributed by atoms with Gasteiger partial charge in [0.1, 0.15) is 12.4 Å². The van der Waals surface area contributed by atoms with E-state index in [-0.39, 0.29) is 29.8 Å². The van der Waals surface area contributed by atoms with Crippen LogP contribution in [0.5, 0.6) is 17.2 Å². The monoisotopic (exact) mass is 458 g/mol. The summed E-state index contributed by atoms with van der Waals surface area (Å²) in [6.45, 7) is 2.63. The normalized spacial score (nSPS) is 21.2. The second-order valence-corrected chi connectivity index (χ2v) is 10.1. The number of amides is 1. The lowest BCUT2D eigenvalue weighted by Gasteiger charge is -2.36. The van der Waals surface area contributed by atoms with Crippen LogP contribution in [0.1, 0.15) is 12.0 Å². The van der Waals surface area contributed by atoms with Gasteiger partial charge in [-0.3, -0.25) is 4.79 Å². The lowest BCUT2D eigenvalue weighted by atomic mass is 9.95. The van der Waals surface area contributed by atoms with E-state index in [1.165, 1.54) is 10.4 Å². The van der Waals surface area contributed by atoms with Crippen LogP contribution >= 0.6 is 0 Å². The van der Waals surface area contributed by atoms with E-state index in [1.807, 2.05) is 24.3 Å². The summed E-state index contributed by atoms with van der Waals surface area (Å²) in [5.74, 6) is 1.63. The number of para-hydroxylation sites is 1. The first-order valence-electron chi connectivity index (χ1n) is 10.9. The lowest BCUT2D eigenvalue weighted by molar-refractivity contribution is -0.138. The third-order valence-corrected chi connectivity index (χ3v) is 8.03. The summed E-state index contributed by atoms with van der Waals surface area (Å²) in [6, 6.07) is 12.5. The molecule has 32 heavy (non-hydrogen) atoms. The Kier molecular flexibility index (Phi) is 5.69. The SMILES string of the molecule is O=C([C@H]1COc2ccccc2C1)N1CCN(S(=O)(=O)c2ccc3c(c2)OCCCO3)CC1. The van der Waals surface area contributed by atoms with Crippen molar-refractivity contribution < 1.29 is 27.4 Å². The molecule has 1 fully saturated rings. The highest BCUT2D eigenvalue weighted by atomic mass is 32.2. The van der Waals surface area contributed by atoms with Crippen molar-refractivity contribution in [2.24, 2.45) is 5.92 Å². The van der Waals surface area contributed by atoms with Gasteiger partial charge in [-0.1, -0.05) is 18.2 Å². The molecule has 0 bridgehead atoms.